The van der Waals surface area contributed by atoms with Crippen LogP contribution in [0.4, 0.5) is 0 Å². The van der Waals surface area contributed by atoms with E-state index in [-0.39, 0.29) is 20.8 Å². The molecule has 0 unspecified atom stereocenters. The quantitative estimate of drug-likeness (QED) is 0.399. The van der Waals surface area contributed by atoms with Crippen LogP contribution < -0.4 is 9.05 Å². The van der Waals surface area contributed by atoms with E-state index in [0.717, 1.165) is 27.1 Å². The fraction of sp³-hybridized carbons (Fsp3) is 0.0769. The predicted molar refractivity (Wildman–Crippen MR) is 126 cm³/mol. The SMILES string of the molecule is Cc1ccc([Se]c2nc(-c3ccccc3)cn3c(O)c(Cc4ccccc4)nc23)cc1. The van der Waals surface area contributed by atoms with E-state index in [9.17, 15) is 5.11 Å². The summed E-state index contributed by atoms with van der Waals surface area (Å²) in [5.74, 6) is 0.180. The van der Waals surface area contributed by atoms with Crippen molar-refractivity contribution < 1.29 is 5.11 Å². The first-order chi connectivity index (χ1) is 15.2. The minimum absolute atomic E-state index is 0.0401. The summed E-state index contributed by atoms with van der Waals surface area (Å²) in [4.78, 5) is 9.81. The zero-order valence-corrected chi connectivity index (χ0v) is 18.8. The number of rotatable bonds is 5. The molecule has 0 saturated heterocycles. The van der Waals surface area contributed by atoms with E-state index in [4.69, 9.17) is 9.97 Å². The summed E-state index contributed by atoms with van der Waals surface area (Å²) < 4.78 is 3.93. The van der Waals surface area contributed by atoms with Crippen molar-refractivity contribution >= 4 is 29.7 Å². The van der Waals surface area contributed by atoms with Crippen LogP contribution in [0.5, 0.6) is 5.88 Å². The molecule has 0 aliphatic rings. The van der Waals surface area contributed by atoms with Crippen LogP contribution in [0, 0.1) is 6.92 Å². The number of aromatic hydroxyl groups is 1. The topological polar surface area (TPSA) is 50.4 Å². The maximum atomic E-state index is 11.0. The Morgan fingerprint density at radius 3 is 2.23 bits per heavy atom. The van der Waals surface area contributed by atoms with Gasteiger partial charge in [-0.1, -0.05) is 0 Å². The summed E-state index contributed by atoms with van der Waals surface area (Å²) in [6.45, 7) is 2.09. The monoisotopic (exact) mass is 471 g/mol. The minimum atomic E-state index is -0.0401. The molecule has 31 heavy (non-hydrogen) atoms. The second-order valence-corrected chi connectivity index (χ2v) is 9.68. The zero-order valence-electron chi connectivity index (χ0n) is 17.1. The number of imidazole rings is 1. The normalized spacial score (nSPS) is 11.1. The van der Waals surface area contributed by atoms with E-state index < -0.39 is 0 Å². The molecule has 0 spiro atoms. The van der Waals surface area contributed by atoms with Crippen molar-refractivity contribution in [1.82, 2.24) is 14.4 Å². The molecular weight excluding hydrogens is 449 g/mol. The standard InChI is InChI=1S/C26H21N3OSe/c1-18-12-14-21(15-13-18)31-25-24-27-22(16-19-8-4-2-5-9-19)26(30)29(24)17-23(28-25)20-10-6-3-7-11-20/h2-15,17,30H,16H2,1H3. The van der Waals surface area contributed by atoms with Crippen LogP contribution in [0.1, 0.15) is 16.8 Å². The van der Waals surface area contributed by atoms with Crippen molar-refractivity contribution in [3.8, 4) is 17.1 Å². The van der Waals surface area contributed by atoms with Crippen molar-refractivity contribution in [2.75, 3.05) is 0 Å². The molecule has 2 aromatic heterocycles. The molecule has 1 N–H and O–H groups in total. The second kappa shape index (κ2) is 8.38. The molecule has 2 heterocycles. The van der Waals surface area contributed by atoms with Crippen molar-refractivity contribution in [2.24, 2.45) is 0 Å². The molecule has 0 saturated carbocycles. The molecule has 5 heteroatoms. The van der Waals surface area contributed by atoms with Crippen LogP contribution in [-0.2, 0) is 6.42 Å². The van der Waals surface area contributed by atoms with Gasteiger partial charge in [-0.2, -0.15) is 0 Å². The third kappa shape index (κ3) is 4.11. The molecule has 3 aromatic carbocycles. The van der Waals surface area contributed by atoms with E-state index in [1.807, 2.05) is 66.9 Å². The summed E-state index contributed by atoms with van der Waals surface area (Å²) in [5.41, 5.74) is 5.59. The van der Waals surface area contributed by atoms with Gasteiger partial charge in [0, 0.05) is 0 Å². The molecule has 0 fully saturated rings. The third-order valence-electron chi connectivity index (χ3n) is 5.14. The molecule has 0 amide bonds. The van der Waals surface area contributed by atoms with Gasteiger partial charge in [0.05, 0.1) is 0 Å². The zero-order chi connectivity index (χ0) is 21.2. The summed E-state index contributed by atoms with van der Waals surface area (Å²) in [5, 5.41) is 11.0. The Balaban J connectivity index is 1.64. The maximum absolute atomic E-state index is 11.0. The first-order valence-corrected chi connectivity index (χ1v) is 11.8. The van der Waals surface area contributed by atoms with Gasteiger partial charge in [-0.15, -0.1) is 0 Å². The fourth-order valence-electron chi connectivity index (χ4n) is 3.50. The number of aromatic nitrogens is 3. The summed E-state index contributed by atoms with van der Waals surface area (Å²) >= 11 is -0.0401. The average molecular weight is 470 g/mol. The molecule has 0 atom stereocenters. The van der Waals surface area contributed by atoms with Crippen molar-refractivity contribution in [3.63, 3.8) is 0 Å². The van der Waals surface area contributed by atoms with Gasteiger partial charge in [-0.3, -0.25) is 0 Å². The van der Waals surface area contributed by atoms with E-state index in [1.165, 1.54) is 10.0 Å². The van der Waals surface area contributed by atoms with Crippen LogP contribution in [0.15, 0.2) is 91.1 Å². The molecule has 0 aliphatic heterocycles. The number of aryl methyl sites for hydroxylation is 1. The molecule has 0 radical (unpaired) electrons. The first kappa shape index (κ1) is 19.6. The molecule has 0 aliphatic carbocycles. The van der Waals surface area contributed by atoms with Gasteiger partial charge < -0.3 is 0 Å². The van der Waals surface area contributed by atoms with Gasteiger partial charge in [-0.05, 0) is 0 Å². The Hall–Kier alpha value is -3.40. The van der Waals surface area contributed by atoms with E-state index in [2.05, 4.69) is 31.2 Å². The number of hydrogen-bond acceptors (Lipinski definition) is 3. The number of hydrogen-bond donors (Lipinski definition) is 1. The van der Waals surface area contributed by atoms with Crippen LogP contribution in [0.25, 0.3) is 16.9 Å². The van der Waals surface area contributed by atoms with Gasteiger partial charge in [-0.25, -0.2) is 0 Å². The van der Waals surface area contributed by atoms with Gasteiger partial charge in [0.25, 0.3) is 0 Å². The van der Waals surface area contributed by atoms with Crippen molar-refractivity contribution in [3.05, 3.63) is 108 Å². The fourth-order valence-corrected chi connectivity index (χ4v) is 5.33. The molecule has 4 nitrogen and oxygen atoms in total. The number of benzene rings is 3. The van der Waals surface area contributed by atoms with Crippen LogP contribution >= 0.6 is 0 Å². The number of nitrogens with zero attached hydrogens (tertiary/aromatic N) is 3. The number of fused-ring (bicyclic) bond motifs is 1. The Kier molecular flexibility index (Phi) is 5.29. The molecule has 5 aromatic rings. The molecule has 5 rings (SSSR count). The van der Waals surface area contributed by atoms with Gasteiger partial charge in [0.15, 0.2) is 0 Å². The third-order valence-corrected chi connectivity index (χ3v) is 7.19. The Bertz CT molecular complexity index is 1330. The van der Waals surface area contributed by atoms with E-state index in [1.54, 1.807) is 4.40 Å². The van der Waals surface area contributed by atoms with Crippen LogP contribution in [0.3, 0.4) is 0 Å². The second-order valence-electron chi connectivity index (χ2n) is 7.45. The first-order valence-electron chi connectivity index (χ1n) is 10.1. The van der Waals surface area contributed by atoms with E-state index >= 15 is 0 Å². The van der Waals surface area contributed by atoms with Gasteiger partial charge in [0.1, 0.15) is 0 Å². The van der Waals surface area contributed by atoms with Crippen LogP contribution in [-0.4, -0.2) is 34.4 Å². The Morgan fingerprint density at radius 1 is 0.839 bits per heavy atom. The average Bonchev–Trinajstić information content (AvgIpc) is 3.12. The Labute approximate surface area is 187 Å². The van der Waals surface area contributed by atoms with Crippen molar-refractivity contribution in [1.29, 1.82) is 0 Å². The van der Waals surface area contributed by atoms with Crippen molar-refractivity contribution in [2.45, 2.75) is 13.3 Å². The Morgan fingerprint density at radius 2 is 1.52 bits per heavy atom. The van der Waals surface area contributed by atoms with Gasteiger partial charge >= 0.3 is 188 Å². The molecular formula is C26H21N3OSe. The van der Waals surface area contributed by atoms with E-state index in [0.29, 0.717) is 12.1 Å². The summed E-state index contributed by atoms with van der Waals surface area (Å²) in [6, 6.07) is 28.7. The molecule has 0 bridgehead atoms. The molecule has 152 valence electrons. The summed E-state index contributed by atoms with van der Waals surface area (Å²) in [7, 11) is 0. The summed E-state index contributed by atoms with van der Waals surface area (Å²) in [6.07, 6.45) is 2.46. The van der Waals surface area contributed by atoms with Gasteiger partial charge in [0.2, 0.25) is 0 Å². The predicted octanol–water partition coefficient (Wildman–Crippen LogP) is 3.66. The van der Waals surface area contributed by atoms with Crippen LogP contribution in [0.2, 0.25) is 0 Å².